The van der Waals surface area contributed by atoms with Gasteiger partial charge in [-0.3, -0.25) is 9.69 Å². The Hall–Kier alpha value is -1.20. The van der Waals surface area contributed by atoms with Gasteiger partial charge in [0.2, 0.25) is 0 Å². The van der Waals surface area contributed by atoms with Crippen LogP contribution in [0.3, 0.4) is 0 Å². The molecule has 3 rings (SSSR count). The maximum absolute atomic E-state index is 11.9. The van der Waals surface area contributed by atoms with Crippen LogP contribution in [-0.4, -0.2) is 40.5 Å². The highest BCUT2D eigenvalue weighted by molar-refractivity contribution is 5.20. The summed E-state index contributed by atoms with van der Waals surface area (Å²) < 4.78 is 7.36. The molecule has 1 aromatic rings. The van der Waals surface area contributed by atoms with Crippen LogP contribution < -0.4 is 5.56 Å². The molecule has 1 unspecified atom stereocenters. The molecule has 0 aromatic carbocycles. The summed E-state index contributed by atoms with van der Waals surface area (Å²) >= 11 is 0. The van der Waals surface area contributed by atoms with Gasteiger partial charge in [0.05, 0.1) is 11.8 Å². The monoisotopic (exact) mass is 277 g/mol. The van der Waals surface area contributed by atoms with Gasteiger partial charge in [0.25, 0.3) is 5.56 Å². The lowest BCUT2D eigenvalue weighted by molar-refractivity contribution is -0.00819. The van der Waals surface area contributed by atoms with Crippen LogP contribution in [0.15, 0.2) is 10.9 Å². The molecule has 1 atom stereocenters. The highest BCUT2D eigenvalue weighted by Gasteiger charge is 2.23. The fraction of sp³-hybridized carbons (Fsp3) is 0.733. The van der Waals surface area contributed by atoms with Gasteiger partial charge in [0, 0.05) is 45.3 Å². The minimum Gasteiger partial charge on any atom is -0.377 e. The van der Waals surface area contributed by atoms with Gasteiger partial charge in [0.1, 0.15) is 0 Å². The molecular formula is C15H23N3O2. The maximum atomic E-state index is 11.9. The van der Waals surface area contributed by atoms with Crippen LogP contribution in [0.2, 0.25) is 0 Å². The van der Waals surface area contributed by atoms with Crippen molar-refractivity contribution in [3.8, 4) is 0 Å². The number of hydrogen-bond donors (Lipinski definition) is 0. The van der Waals surface area contributed by atoms with Gasteiger partial charge in [-0.1, -0.05) is 0 Å². The first kappa shape index (κ1) is 13.8. The molecule has 1 aromatic heterocycles. The van der Waals surface area contributed by atoms with Gasteiger partial charge in [-0.05, 0) is 31.7 Å². The average molecular weight is 277 g/mol. The van der Waals surface area contributed by atoms with Crippen molar-refractivity contribution >= 4 is 0 Å². The number of fused-ring (bicyclic) bond motifs is 1. The first-order valence-electron chi connectivity index (χ1n) is 7.70. The molecule has 1 fully saturated rings. The topological polar surface area (TPSA) is 47.4 Å². The second-order valence-corrected chi connectivity index (χ2v) is 5.74. The van der Waals surface area contributed by atoms with Crippen molar-refractivity contribution in [2.75, 3.05) is 19.7 Å². The summed E-state index contributed by atoms with van der Waals surface area (Å²) in [4.78, 5) is 14.3. The van der Waals surface area contributed by atoms with Crippen molar-refractivity contribution in [2.24, 2.45) is 0 Å². The summed E-state index contributed by atoms with van der Waals surface area (Å²) in [6.45, 7) is 6.33. The molecule has 0 aliphatic carbocycles. The third-order valence-electron chi connectivity index (χ3n) is 4.26. The molecule has 20 heavy (non-hydrogen) atoms. The lowest BCUT2D eigenvalue weighted by Gasteiger charge is -2.32. The van der Waals surface area contributed by atoms with Crippen molar-refractivity contribution in [1.29, 1.82) is 0 Å². The molecule has 0 saturated carbocycles. The Kier molecular flexibility index (Phi) is 4.17. The Balaban J connectivity index is 1.68. The van der Waals surface area contributed by atoms with Gasteiger partial charge in [0.15, 0.2) is 0 Å². The van der Waals surface area contributed by atoms with Gasteiger partial charge < -0.3 is 4.74 Å². The Morgan fingerprint density at radius 3 is 3.10 bits per heavy atom. The minimum atomic E-state index is 0.0158. The number of nitrogens with zero attached hydrogens (tertiary/aromatic N) is 3. The van der Waals surface area contributed by atoms with Gasteiger partial charge >= 0.3 is 0 Å². The third-order valence-corrected chi connectivity index (χ3v) is 4.26. The lowest BCUT2D eigenvalue weighted by Crippen LogP contribution is -2.40. The van der Waals surface area contributed by atoms with E-state index in [2.05, 4.69) is 10.00 Å². The summed E-state index contributed by atoms with van der Waals surface area (Å²) in [5, 5.41) is 4.46. The van der Waals surface area contributed by atoms with Gasteiger partial charge in [-0.25, -0.2) is 4.68 Å². The number of ether oxygens (including phenoxy) is 1. The van der Waals surface area contributed by atoms with E-state index in [1.165, 1.54) is 19.3 Å². The summed E-state index contributed by atoms with van der Waals surface area (Å²) in [6.07, 6.45) is 4.94. The quantitative estimate of drug-likeness (QED) is 0.832. The highest BCUT2D eigenvalue weighted by atomic mass is 16.5. The zero-order valence-electron chi connectivity index (χ0n) is 12.2. The molecule has 110 valence electrons. The molecule has 2 aliphatic heterocycles. The first-order valence-corrected chi connectivity index (χ1v) is 7.70. The van der Waals surface area contributed by atoms with Crippen molar-refractivity contribution in [1.82, 2.24) is 14.7 Å². The SMILES string of the molecule is CCn1nc2c(cc1=O)CN(CC1CCCCO1)CC2. The van der Waals surface area contributed by atoms with E-state index in [-0.39, 0.29) is 5.56 Å². The van der Waals surface area contributed by atoms with Crippen molar-refractivity contribution in [2.45, 2.75) is 51.8 Å². The van der Waals surface area contributed by atoms with E-state index in [9.17, 15) is 4.79 Å². The summed E-state index contributed by atoms with van der Waals surface area (Å²) in [6, 6.07) is 1.76. The van der Waals surface area contributed by atoms with E-state index in [0.717, 1.165) is 43.9 Å². The lowest BCUT2D eigenvalue weighted by atomic mass is 10.0. The molecule has 0 radical (unpaired) electrons. The molecular weight excluding hydrogens is 254 g/mol. The Morgan fingerprint density at radius 1 is 1.45 bits per heavy atom. The standard InChI is InChI=1S/C15H23N3O2/c1-2-18-15(19)9-12-10-17(7-6-14(12)16-18)11-13-5-3-4-8-20-13/h9,13H,2-8,10-11H2,1H3. The van der Waals surface area contributed by atoms with E-state index in [4.69, 9.17) is 4.74 Å². The number of aromatic nitrogens is 2. The number of aryl methyl sites for hydroxylation is 1. The van der Waals surface area contributed by atoms with Crippen molar-refractivity contribution in [3.05, 3.63) is 27.7 Å². The zero-order chi connectivity index (χ0) is 13.9. The second kappa shape index (κ2) is 6.06. The van der Waals surface area contributed by atoms with E-state index >= 15 is 0 Å². The second-order valence-electron chi connectivity index (χ2n) is 5.74. The van der Waals surface area contributed by atoms with Crippen LogP contribution in [0.1, 0.15) is 37.4 Å². The maximum Gasteiger partial charge on any atom is 0.267 e. The zero-order valence-corrected chi connectivity index (χ0v) is 12.2. The van der Waals surface area contributed by atoms with Crippen LogP contribution in [-0.2, 0) is 24.2 Å². The summed E-state index contributed by atoms with van der Waals surface area (Å²) in [5.41, 5.74) is 2.20. The molecule has 3 heterocycles. The summed E-state index contributed by atoms with van der Waals surface area (Å²) in [7, 11) is 0. The van der Waals surface area contributed by atoms with E-state index in [1.54, 1.807) is 10.7 Å². The highest BCUT2D eigenvalue weighted by Crippen LogP contribution is 2.19. The van der Waals surface area contributed by atoms with E-state index < -0.39 is 0 Å². The predicted octanol–water partition coefficient (Wildman–Crippen LogP) is 1.19. The molecule has 1 saturated heterocycles. The van der Waals surface area contributed by atoms with Gasteiger partial charge in [-0.15, -0.1) is 0 Å². The summed E-state index contributed by atoms with van der Waals surface area (Å²) in [5.74, 6) is 0. The Labute approximate surface area is 119 Å². The first-order chi connectivity index (χ1) is 9.76. The van der Waals surface area contributed by atoms with Gasteiger partial charge in [-0.2, -0.15) is 5.10 Å². The minimum absolute atomic E-state index is 0.0158. The largest absolute Gasteiger partial charge is 0.377 e. The molecule has 2 aliphatic rings. The smallest absolute Gasteiger partial charge is 0.267 e. The van der Waals surface area contributed by atoms with Crippen molar-refractivity contribution in [3.63, 3.8) is 0 Å². The average Bonchev–Trinajstić information content (AvgIpc) is 2.47. The van der Waals surface area contributed by atoms with Crippen LogP contribution in [0.25, 0.3) is 0 Å². The molecule has 0 N–H and O–H groups in total. The number of hydrogen-bond acceptors (Lipinski definition) is 4. The Bertz CT molecular complexity index is 520. The van der Waals surface area contributed by atoms with E-state index in [0.29, 0.717) is 12.6 Å². The molecule has 0 spiro atoms. The molecule has 0 amide bonds. The van der Waals surface area contributed by atoms with Crippen LogP contribution in [0, 0.1) is 0 Å². The predicted molar refractivity (Wildman–Crippen MR) is 76.7 cm³/mol. The van der Waals surface area contributed by atoms with Crippen LogP contribution in [0.5, 0.6) is 0 Å². The Morgan fingerprint density at radius 2 is 2.35 bits per heavy atom. The normalized spacial score (nSPS) is 23.6. The fourth-order valence-corrected chi connectivity index (χ4v) is 3.12. The van der Waals surface area contributed by atoms with Crippen molar-refractivity contribution < 1.29 is 4.74 Å². The molecule has 0 bridgehead atoms. The van der Waals surface area contributed by atoms with Crippen LogP contribution in [0.4, 0.5) is 0 Å². The molecule has 5 nitrogen and oxygen atoms in total. The fourth-order valence-electron chi connectivity index (χ4n) is 3.12. The van der Waals surface area contributed by atoms with Crippen LogP contribution >= 0.6 is 0 Å². The number of rotatable bonds is 3. The third kappa shape index (κ3) is 2.94. The van der Waals surface area contributed by atoms with E-state index in [1.807, 2.05) is 6.92 Å². The molecule has 5 heteroatoms.